The standard InChI is InChI=1S/C11H19NO3/c1-8-10(11(13)14)4-5-12(8)7-9-3-2-6-15-9/h8-10H,2-7H2,1H3,(H,13,14). The van der Waals surface area contributed by atoms with Crippen LogP contribution in [0.3, 0.4) is 0 Å². The molecule has 86 valence electrons. The Labute approximate surface area is 90.2 Å². The first-order valence-electron chi connectivity index (χ1n) is 5.77. The average Bonchev–Trinajstić information content (AvgIpc) is 2.78. The van der Waals surface area contributed by atoms with Crippen LogP contribution in [0.25, 0.3) is 0 Å². The number of hydrogen-bond acceptors (Lipinski definition) is 3. The summed E-state index contributed by atoms with van der Waals surface area (Å²) in [5, 5.41) is 9.00. The van der Waals surface area contributed by atoms with Gasteiger partial charge in [0.2, 0.25) is 0 Å². The van der Waals surface area contributed by atoms with Gasteiger partial charge in [-0.3, -0.25) is 9.69 Å². The molecule has 2 fully saturated rings. The third-order valence-electron chi connectivity index (χ3n) is 3.66. The second kappa shape index (κ2) is 4.49. The molecule has 0 aromatic rings. The number of rotatable bonds is 3. The van der Waals surface area contributed by atoms with Crippen molar-refractivity contribution in [3.05, 3.63) is 0 Å². The maximum Gasteiger partial charge on any atom is 0.308 e. The Hall–Kier alpha value is -0.610. The van der Waals surface area contributed by atoms with E-state index in [1.807, 2.05) is 6.92 Å². The molecule has 4 nitrogen and oxygen atoms in total. The van der Waals surface area contributed by atoms with Crippen LogP contribution in [0.1, 0.15) is 26.2 Å². The highest BCUT2D eigenvalue weighted by molar-refractivity contribution is 5.71. The van der Waals surface area contributed by atoms with E-state index in [4.69, 9.17) is 9.84 Å². The molecule has 0 aliphatic carbocycles. The van der Waals surface area contributed by atoms with Gasteiger partial charge in [0.05, 0.1) is 12.0 Å². The molecule has 0 bridgehead atoms. The Morgan fingerprint density at radius 1 is 1.53 bits per heavy atom. The van der Waals surface area contributed by atoms with Crippen molar-refractivity contribution < 1.29 is 14.6 Å². The van der Waals surface area contributed by atoms with E-state index in [0.717, 1.165) is 39.0 Å². The number of nitrogens with zero attached hydrogens (tertiary/aromatic N) is 1. The van der Waals surface area contributed by atoms with Gasteiger partial charge in [-0.25, -0.2) is 0 Å². The molecule has 4 heteroatoms. The Bertz CT molecular complexity index is 238. The second-order valence-corrected chi connectivity index (χ2v) is 4.60. The first kappa shape index (κ1) is 10.9. The molecule has 2 aliphatic rings. The first-order chi connectivity index (χ1) is 7.18. The summed E-state index contributed by atoms with van der Waals surface area (Å²) >= 11 is 0. The molecule has 0 aromatic carbocycles. The minimum Gasteiger partial charge on any atom is -0.481 e. The van der Waals surface area contributed by atoms with Crippen molar-refractivity contribution in [2.75, 3.05) is 19.7 Å². The summed E-state index contributed by atoms with van der Waals surface area (Å²) in [6.45, 7) is 4.69. The van der Waals surface area contributed by atoms with Gasteiger partial charge >= 0.3 is 5.97 Å². The largest absolute Gasteiger partial charge is 0.481 e. The van der Waals surface area contributed by atoms with Crippen molar-refractivity contribution in [1.29, 1.82) is 0 Å². The molecular weight excluding hydrogens is 194 g/mol. The predicted octanol–water partition coefficient (Wildman–Crippen LogP) is 0.960. The van der Waals surface area contributed by atoms with Crippen LogP contribution in [-0.2, 0) is 9.53 Å². The van der Waals surface area contributed by atoms with Crippen LogP contribution in [0.15, 0.2) is 0 Å². The van der Waals surface area contributed by atoms with Crippen molar-refractivity contribution >= 4 is 5.97 Å². The number of carboxylic acids is 1. The quantitative estimate of drug-likeness (QED) is 0.758. The molecule has 0 saturated carbocycles. The Morgan fingerprint density at radius 3 is 2.87 bits per heavy atom. The molecule has 0 radical (unpaired) electrons. The van der Waals surface area contributed by atoms with E-state index in [-0.39, 0.29) is 12.0 Å². The lowest BCUT2D eigenvalue weighted by Gasteiger charge is -2.25. The van der Waals surface area contributed by atoms with Gasteiger partial charge < -0.3 is 9.84 Å². The molecule has 2 rings (SSSR count). The van der Waals surface area contributed by atoms with Gasteiger partial charge in [0, 0.05) is 19.2 Å². The van der Waals surface area contributed by atoms with E-state index >= 15 is 0 Å². The fourth-order valence-electron chi connectivity index (χ4n) is 2.64. The van der Waals surface area contributed by atoms with E-state index in [1.165, 1.54) is 0 Å². The lowest BCUT2D eigenvalue weighted by atomic mass is 10.0. The van der Waals surface area contributed by atoms with Crippen molar-refractivity contribution in [2.45, 2.75) is 38.3 Å². The Morgan fingerprint density at radius 2 is 2.33 bits per heavy atom. The number of likely N-dealkylation sites (tertiary alicyclic amines) is 1. The molecular formula is C11H19NO3. The summed E-state index contributed by atoms with van der Waals surface area (Å²) in [4.78, 5) is 13.2. The molecule has 3 unspecified atom stereocenters. The molecule has 0 amide bonds. The van der Waals surface area contributed by atoms with Gasteiger partial charge in [0.1, 0.15) is 0 Å². The van der Waals surface area contributed by atoms with Crippen molar-refractivity contribution in [3.8, 4) is 0 Å². The lowest BCUT2D eigenvalue weighted by Crippen LogP contribution is -2.37. The number of ether oxygens (including phenoxy) is 1. The van der Waals surface area contributed by atoms with Crippen LogP contribution in [0, 0.1) is 5.92 Å². The molecule has 15 heavy (non-hydrogen) atoms. The fraction of sp³-hybridized carbons (Fsp3) is 0.909. The van der Waals surface area contributed by atoms with Crippen LogP contribution in [0.4, 0.5) is 0 Å². The predicted molar refractivity (Wildman–Crippen MR) is 55.8 cm³/mol. The summed E-state index contributed by atoms with van der Waals surface area (Å²) in [7, 11) is 0. The zero-order valence-electron chi connectivity index (χ0n) is 9.19. The molecule has 2 saturated heterocycles. The molecule has 2 aliphatic heterocycles. The zero-order valence-corrected chi connectivity index (χ0v) is 9.19. The minimum absolute atomic E-state index is 0.159. The minimum atomic E-state index is -0.655. The normalized spacial score (nSPS) is 37.3. The number of carbonyl (C=O) groups is 1. The van der Waals surface area contributed by atoms with Gasteiger partial charge in [0.15, 0.2) is 0 Å². The fourth-order valence-corrected chi connectivity index (χ4v) is 2.64. The third-order valence-corrected chi connectivity index (χ3v) is 3.66. The number of aliphatic carboxylic acids is 1. The SMILES string of the molecule is CC1C(C(=O)O)CCN1CC1CCCO1. The van der Waals surface area contributed by atoms with Crippen LogP contribution in [-0.4, -0.2) is 47.8 Å². The summed E-state index contributed by atoms with van der Waals surface area (Å²) in [5.41, 5.74) is 0. The Kier molecular flexibility index (Phi) is 3.26. The monoisotopic (exact) mass is 213 g/mol. The van der Waals surface area contributed by atoms with E-state index in [2.05, 4.69) is 4.90 Å². The number of carboxylic acid groups (broad SMARTS) is 1. The Balaban J connectivity index is 1.86. The molecule has 0 spiro atoms. The van der Waals surface area contributed by atoms with Crippen LogP contribution < -0.4 is 0 Å². The highest BCUT2D eigenvalue weighted by Gasteiger charge is 2.36. The van der Waals surface area contributed by atoms with E-state index in [1.54, 1.807) is 0 Å². The van der Waals surface area contributed by atoms with Crippen LogP contribution >= 0.6 is 0 Å². The van der Waals surface area contributed by atoms with Crippen LogP contribution in [0.5, 0.6) is 0 Å². The highest BCUT2D eigenvalue weighted by Crippen LogP contribution is 2.26. The van der Waals surface area contributed by atoms with Crippen molar-refractivity contribution in [1.82, 2.24) is 4.90 Å². The third kappa shape index (κ3) is 2.32. The smallest absolute Gasteiger partial charge is 0.308 e. The summed E-state index contributed by atoms with van der Waals surface area (Å²) < 4.78 is 5.57. The van der Waals surface area contributed by atoms with Crippen molar-refractivity contribution in [2.24, 2.45) is 5.92 Å². The zero-order chi connectivity index (χ0) is 10.8. The summed E-state index contributed by atoms with van der Waals surface area (Å²) in [6, 6.07) is 0.159. The maximum absolute atomic E-state index is 10.9. The molecule has 0 aromatic heterocycles. The molecule has 1 N–H and O–H groups in total. The highest BCUT2D eigenvalue weighted by atomic mass is 16.5. The van der Waals surface area contributed by atoms with Gasteiger partial charge in [0.25, 0.3) is 0 Å². The first-order valence-corrected chi connectivity index (χ1v) is 5.77. The topological polar surface area (TPSA) is 49.8 Å². The van der Waals surface area contributed by atoms with E-state index in [0.29, 0.717) is 6.10 Å². The lowest BCUT2D eigenvalue weighted by molar-refractivity contribution is -0.142. The van der Waals surface area contributed by atoms with Gasteiger partial charge in [-0.2, -0.15) is 0 Å². The second-order valence-electron chi connectivity index (χ2n) is 4.60. The maximum atomic E-state index is 10.9. The van der Waals surface area contributed by atoms with Gasteiger partial charge in [-0.1, -0.05) is 0 Å². The summed E-state index contributed by atoms with van der Waals surface area (Å²) in [5.74, 6) is -0.844. The van der Waals surface area contributed by atoms with Gasteiger partial charge in [-0.15, -0.1) is 0 Å². The molecule has 2 heterocycles. The van der Waals surface area contributed by atoms with Gasteiger partial charge in [-0.05, 0) is 32.7 Å². The molecule has 3 atom stereocenters. The van der Waals surface area contributed by atoms with Crippen LogP contribution in [0.2, 0.25) is 0 Å². The summed E-state index contributed by atoms with van der Waals surface area (Å²) in [6.07, 6.45) is 3.39. The average molecular weight is 213 g/mol. The van der Waals surface area contributed by atoms with Crippen molar-refractivity contribution in [3.63, 3.8) is 0 Å². The van der Waals surface area contributed by atoms with E-state index in [9.17, 15) is 4.79 Å². The van der Waals surface area contributed by atoms with E-state index < -0.39 is 5.97 Å². The number of hydrogen-bond donors (Lipinski definition) is 1.